The van der Waals surface area contributed by atoms with E-state index in [-0.39, 0.29) is 5.91 Å². The number of ether oxygens (including phenoxy) is 1. The average molecular weight is 359 g/mol. The molecule has 0 saturated heterocycles. The Hall–Kier alpha value is -2.37. The maximum atomic E-state index is 12.2. The highest BCUT2D eigenvalue weighted by Crippen LogP contribution is 2.19. The van der Waals surface area contributed by atoms with Gasteiger partial charge in [-0.05, 0) is 35.9 Å². The van der Waals surface area contributed by atoms with Crippen molar-refractivity contribution in [1.82, 2.24) is 4.98 Å². The van der Waals surface area contributed by atoms with Crippen LogP contribution in [0.5, 0.6) is 5.75 Å². The molecule has 0 aliphatic rings. The Balaban J connectivity index is 1.66. The Morgan fingerprint density at radius 2 is 2.04 bits per heavy atom. The summed E-state index contributed by atoms with van der Waals surface area (Å²) in [6.07, 6.45) is 0.680. The molecule has 0 bridgehead atoms. The molecule has 0 aliphatic carbocycles. The number of hydrogen-bond acceptors (Lipinski definition) is 4. The van der Waals surface area contributed by atoms with Gasteiger partial charge in [0.25, 0.3) is 5.91 Å². The van der Waals surface area contributed by atoms with Gasteiger partial charge in [-0.3, -0.25) is 4.79 Å². The van der Waals surface area contributed by atoms with E-state index in [0.717, 1.165) is 16.3 Å². The quantitative estimate of drug-likeness (QED) is 0.722. The fraction of sp³-hybridized carbons (Fsp3) is 0.111. The van der Waals surface area contributed by atoms with E-state index in [2.05, 4.69) is 10.3 Å². The number of aromatic nitrogens is 1. The maximum Gasteiger partial charge on any atom is 0.275 e. The predicted molar refractivity (Wildman–Crippen MR) is 97.3 cm³/mol. The third-order valence-electron chi connectivity index (χ3n) is 3.38. The topological polar surface area (TPSA) is 51.2 Å². The minimum atomic E-state index is -0.241. The van der Waals surface area contributed by atoms with Gasteiger partial charge in [0.15, 0.2) is 0 Å². The van der Waals surface area contributed by atoms with E-state index in [1.165, 1.54) is 11.3 Å². The summed E-state index contributed by atoms with van der Waals surface area (Å²) >= 11 is 7.38. The highest BCUT2D eigenvalue weighted by Gasteiger charge is 2.11. The van der Waals surface area contributed by atoms with Crippen molar-refractivity contribution in [2.45, 2.75) is 6.42 Å². The Kier molecular flexibility index (Phi) is 5.13. The van der Waals surface area contributed by atoms with Crippen molar-refractivity contribution in [3.05, 3.63) is 75.2 Å². The van der Waals surface area contributed by atoms with E-state index in [0.29, 0.717) is 22.8 Å². The number of hydrogen-bond donors (Lipinski definition) is 1. The monoisotopic (exact) mass is 358 g/mol. The summed E-state index contributed by atoms with van der Waals surface area (Å²) in [6, 6.07) is 14.8. The second kappa shape index (κ2) is 7.47. The number of nitrogens with zero attached hydrogens (tertiary/aromatic N) is 1. The van der Waals surface area contributed by atoms with Crippen molar-refractivity contribution in [3.8, 4) is 5.75 Å². The number of benzene rings is 2. The van der Waals surface area contributed by atoms with Crippen molar-refractivity contribution >= 4 is 34.5 Å². The zero-order valence-electron chi connectivity index (χ0n) is 13.0. The van der Waals surface area contributed by atoms with Gasteiger partial charge in [0.05, 0.1) is 12.1 Å². The molecule has 1 aromatic heterocycles. The molecule has 3 rings (SSSR count). The number of halogens is 1. The van der Waals surface area contributed by atoms with E-state index in [1.807, 2.05) is 24.3 Å². The highest BCUT2D eigenvalue weighted by atomic mass is 35.5. The van der Waals surface area contributed by atoms with Gasteiger partial charge in [-0.1, -0.05) is 29.8 Å². The lowest BCUT2D eigenvalue weighted by Gasteiger charge is -2.03. The maximum absolute atomic E-state index is 12.2. The van der Waals surface area contributed by atoms with Crippen LogP contribution in [-0.2, 0) is 6.42 Å². The van der Waals surface area contributed by atoms with Crippen molar-refractivity contribution < 1.29 is 9.53 Å². The molecule has 3 aromatic rings. The largest absolute Gasteiger partial charge is 0.497 e. The van der Waals surface area contributed by atoms with Crippen LogP contribution in [-0.4, -0.2) is 18.0 Å². The molecule has 0 atom stereocenters. The fourth-order valence-electron chi connectivity index (χ4n) is 2.18. The molecule has 0 radical (unpaired) electrons. The van der Waals surface area contributed by atoms with Crippen LogP contribution in [0.3, 0.4) is 0 Å². The molecule has 0 fully saturated rings. The van der Waals surface area contributed by atoms with Crippen molar-refractivity contribution in [1.29, 1.82) is 0 Å². The number of carbonyl (C=O) groups is 1. The van der Waals surface area contributed by atoms with Crippen molar-refractivity contribution in [2.75, 3.05) is 12.4 Å². The SMILES string of the molecule is COc1ccc(Cc2nc(C(=O)Nc3cccc(Cl)c3)cs2)cc1. The molecule has 1 N–H and O–H groups in total. The molecule has 1 amide bonds. The van der Waals surface area contributed by atoms with Crippen LogP contribution in [0.15, 0.2) is 53.9 Å². The Labute approximate surface area is 149 Å². The van der Waals surface area contributed by atoms with Gasteiger partial charge in [0, 0.05) is 22.5 Å². The number of anilines is 1. The number of amides is 1. The van der Waals surface area contributed by atoms with Crippen molar-refractivity contribution in [3.63, 3.8) is 0 Å². The molecule has 4 nitrogen and oxygen atoms in total. The summed E-state index contributed by atoms with van der Waals surface area (Å²) in [4.78, 5) is 16.7. The summed E-state index contributed by atoms with van der Waals surface area (Å²) in [5, 5.41) is 6.02. The molecule has 122 valence electrons. The standard InChI is InChI=1S/C18H15ClN2O2S/c1-23-15-7-5-12(6-8-15)9-17-21-16(11-24-17)18(22)20-14-4-2-3-13(19)10-14/h2-8,10-11H,9H2,1H3,(H,20,22). The van der Waals surface area contributed by atoms with Crippen LogP contribution in [0.1, 0.15) is 21.1 Å². The van der Waals surface area contributed by atoms with Gasteiger partial charge in [-0.2, -0.15) is 0 Å². The Morgan fingerprint density at radius 1 is 1.25 bits per heavy atom. The van der Waals surface area contributed by atoms with Gasteiger partial charge in [0.1, 0.15) is 11.4 Å². The lowest BCUT2D eigenvalue weighted by atomic mass is 10.1. The van der Waals surface area contributed by atoms with Gasteiger partial charge in [0.2, 0.25) is 0 Å². The summed E-state index contributed by atoms with van der Waals surface area (Å²) < 4.78 is 5.14. The molecular formula is C18H15ClN2O2S. The van der Waals surface area contributed by atoms with Crippen LogP contribution in [0, 0.1) is 0 Å². The molecule has 0 spiro atoms. The van der Waals surface area contributed by atoms with Crippen LogP contribution in [0.25, 0.3) is 0 Å². The first-order valence-electron chi connectivity index (χ1n) is 7.28. The van der Waals surface area contributed by atoms with Crippen LogP contribution >= 0.6 is 22.9 Å². The van der Waals surface area contributed by atoms with E-state index in [4.69, 9.17) is 16.3 Å². The second-order valence-corrected chi connectivity index (χ2v) is 6.49. The summed E-state index contributed by atoms with van der Waals surface area (Å²) in [7, 11) is 1.64. The van der Waals surface area contributed by atoms with Crippen LogP contribution in [0.4, 0.5) is 5.69 Å². The summed E-state index contributed by atoms with van der Waals surface area (Å²) in [5.74, 6) is 0.578. The lowest BCUT2D eigenvalue weighted by molar-refractivity contribution is 0.102. The van der Waals surface area contributed by atoms with Gasteiger partial charge >= 0.3 is 0 Å². The van der Waals surface area contributed by atoms with E-state index >= 15 is 0 Å². The summed E-state index contributed by atoms with van der Waals surface area (Å²) in [5.41, 5.74) is 2.17. The molecular weight excluding hydrogens is 344 g/mol. The smallest absolute Gasteiger partial charge is 0.275 e. The highest BCUT2D eigenvalue weighted by molar-refractivity contribution is 7.09. The van der Waals surface area contributed by atoms with Crippen LogP contribution in [0.2, 0.25) is 5.02 Å². The average Bonchev–Trinajstić information content (AvgIpc) is 3.04. The molecule has 0 saturated carbocycles. The zero-order chi connectivity index (χ0) is 16.9. The number of rotatable bonds is 5. The van der Waals surface area contributed by atoms with Crippen LogP contribution < -0.4 is 10.1 Å². The van der Waals surface area contributed by atoms with E-state index in [9.17, 15) is 4.79 Å². The lowest BCUT2D eigenvalue weighted by Crippen LogP contribution is -2.12. The number of carbonyl (C=O) groups excluding carboxylic acids is 1. The molecule has 1 heterocycles. The first-order valence-corrected chi connectivity index (χ1v) is 8.54. The first-order chi connectivity index (χ1) is 11.6. The Morgan fingerprint density at radius 3 is 2.75 bits per heavy atom. The molecule has 24 heavy (non-hydrogen) atoms. The number of nitrogens with one attached hydrogen (secondary N) is 1. The molecule has 6 heteroatoms. The van der Waals surface area contributed by atoms with Crippen molar-refractivity contribution in [2.24, 2.45) is 0 Å². The molecule has 0 aliphatic heterocycles. The second-order valence-electron chi connectivity index (χ2n) is 5.12. The number of methoxy groups -OCH3 is 1. The third-order valence-corrected chi connectivity index (χ3v) is 4.47. The normalized spacial score (nSPS) is 10.4. The Bertz CT molecular complexity index is 846. The van der Waals surface area contributed by atoms with Gasteiger partial charge in [-0.25, -0.2) is 4.98 Å². The van der Waals surface area contributed by atoms with Gasteiger partial charge in [-0.15, -0.1) is 11.3 Å². The predicted octanol–water partition coefficient (Wildman–Crippen LogP) is 4.65. The van der Waals surface area contributed by atoms with E-state index < -0.39 is 0 Å². The third kappa shape index (κ3) is 4.13. The zero-order valence-corrected chi connectivity index (χ0v) is 14.5. The molecule has 2 aromatic carbocycles. The summed E-state index contributed by atoms with van der Waals surface area (Å²) in [6.45, 7) is 0. The first kappa shape index (κ1) is 16.5. The number of thiazole rings is 1. The minimum absolute atomic E-state index is 0.241. The van der Waals surface area contributed by atoms with Gasteiger partial charge < -0.3 is 10.1 Å². The minimum Gasteiger partial charge on any atom is -0.497 e. The fourth-order valence-corrected chi connectivity index (χ4v) is 3.17. The molecule has 0 unspecified atom stereocenters. The van der Waals surface area contributed by atoms with E-state index in [1.54, 1.807) is 36.8 Å².